The van der Waals surface area contributed by atoms with Crippen LogP contribution in [0.15, 0.2) is 49.9 Å². The van der Waals surface area contributed by atoms with E-state index >= 15 is 0 Å². The average molecular weight is 420 g/mol. The molecule has 0 atom stereocenters. The lowest BCUT2D eigenvalue weighted by atomic mass is 9.96. The number of halogens is 2. The van der Waals surface area contributed by atoms with E-state index in [2.05, 4.69) is 26.1 Å². The predicted octanol–water partition coefficient (Wildman–Crippen LogP) is 4.25. The summed E-state index contributed by atoms with van der Waals surface area (Å²) in [5, 5.41) is 8.19. The Labute approximate surface area is 157 Å². The van der Waals surface area contributed by atoms with E-state index in [0.29, 0.717) is 40.9 Å². The van der Waals surface area contributed by atoms with Crippen LogP contribution in [0.1, 0.15) is 35.2 Å². The van der Waals surface area contributed by atoms with E-state index in [-0.39, 0.29) is 17.6 Å². The van der Waals surface area contributed by atoms with Crippen molar-refractivity contribution in [3.05, 3.63) is 58.5 Å². The minimum atomic E-state index is -0.311. The molecule has 1 aliphatic rings. The Morgan fingerprint density at radius 2 is 1.81 bits per heavy atom. The largest absolute Gasteiger partial charge is 0.444 e. The van der Waals surface area contributed by atoms with Crippen molar-refractivity contribution in [3.8, 4) is 11.5 Å². The number of carbonyl (C=O) groups is 1. The van der Waals surface area contributed by atoms with Crippen molar-refractivity contribution in [2.45, 2.75) is 18.8 Å². The van der Waals surface area contributed by atoms with Crippen LogP contribution in [0.2, 0.25) is 0 Å². The van der Waals surface area contributed by atoms with Crippen molar-refractivity contribution < 1.29 is 18.0 Å². The minimum Gasteiger partial charge on any atom is -0.444 e. The van der Waals surface area contributed by atoms with E-state index < -0.39 is 0 Å². The van der Waals surface area contributed by atoms with Crippen LogP contribution in [0, 0.1) is 5.82 Å². The van der Waals surface area contributed by atoms with Crippen molar-refractivity contribution in [1.82, 2.24) is 15.1 Å². The third-order valence-electron chi connectivity index (χ3n) is 4.45. The van der Waals surface area contributed by atoms with Gasteiger partial charge in [0.05, 0.1) is 0 Å². The number of likely N-dealkylation sites (tertiary alicyclic amines) is 1. The molecular weight excluding hydrogens is 405 g/mol. The van der Waals surface area contributed by atoms with Gasteiger partial charge >= 0.3 is 0 Å². The molecular formula is C18H15BrFN3O3. The first-order valence-corrected chi connectivity index (χ1v) is 9.03. The van der Waals surface area contributed by atoms with Crippen molar-refractivity contribution in [2.24, 2.45) is 0 Å². The van der Waals surface area contributed by atoms with Gasteiger partial charge in [0.1, 0.15) is 5.82 Å². The summed E-state index contributed by atoms with van der Waals surface area (Å²) in [6, 6.07) is 9.29. The molecule has 1 aliphatic heterocycles. The molecule has 6 nitrogen and oxygen atoms in total. The highest BCUT2D eigenvalue weighted by atomic mass is 79.9. The first-order chi connectivity index (χ1) is 12.6. The molecule has 26 heavy (non-hydrogen) atoms. The Balaban J connectivity index is 1.40. The Morgan fingerprint density at radius 1 is 1.08 bits per heavy atom. The van der Waals surface area contributed by atoms with Crippen molar-refractivity contribution >= 4 is 21.8 Å². The van der Waals surface area contributed by atoms with E-state index in [1.165, 1.54) is 12.1 Å². The number of piperidine rings is 1. The van der Waals surface area contributed by atoms with Gasteiger partial charge in [-0.2, -0.15) is 0 Å². The molecule has 1 aromatic carbocycles. The highest BCUT2D eigenvalue weighted by molar-refractivity contribution is 9.10. The Morgan fingerprint density at radius 3 is 2.46 bits per heavy atom. The van der Waals surface area contributed by atoms with Crippen LogP contribution in [0.5, 0.6) is 0 Å². The molecule has 0 saturated carbocycles. The van der Waals surface area contributed by atoms with E-state index in [4.69, 9.17) is 8.83 Å². The molecule has 1 saturated heterocycles. The van der Waals surface area contributed by atoms with Crippen LogP contribution < -0.4 is 0 Å². The molecule has 0 unspecified atom stereocenters. The maximum absolute atomic E-state index is 13.0. The average Bonchev–Trinajstić information content (AvgIpc) is 3.31. The highest BCUT2D eigenvalue weighted by Gasteiger charge is 2.29. The molecule has 0 bridgehead atoms. The molecule has 2 aromatic heterocycles. The van der Waals surface area contributed by atoms with Gasteiger partial charge in [-0.15, -0.1) is 10.2 Å². The normalized spacial score (nSPS) is 15.4. The number of hydrogen-bond acceptors (Lipinski definition) is 5. The highest BCUT2D eigenvalue weighted by Crippen LogP contribution is 2.30. The van der Waals surface area contributed by atoms with Gasteiger partial charge in [0.15, 0.2) is 10.4 Å². The lowest BCUT2D eigenvalue weighted by Gasteiger charge is -2.29. The minimum absolute atomic E-state index is 0.101. The summed E-state index contributed by atoms with van der Waals surface area (Å²) in [5.41, 5.74) is 0.682. The van der Waals surface area contributed by atoms with Crippen LogP contribution in [-0.2, 0) is 0 Å². The third-order valence-corrected chi connectivity index (χ3v) is 4.87. The summed E-state index contributed by atoms with van der Waals surface area (Å²) >= 11 is 3.20. The molecule has 4 rings (SSSR count). The quantitative estimate of drug-likeness (QED) is 0.634. The molecule has 8 heteroatoms. The van der Waals surface area contributed by atoms with Crippen molar-refractivity contribution in [1.29, 1.82) is 0 Å². The SMILES string of the molecule is O=C(c1ccc(Br)o1)N1CCC(c2nnc(-c3ccc(F)cc3)o2)CC1. The fraction of sp³-hybridized carbons (Fsp3) is 0.278. The van der Waals surface area contributed by atoms with Crippen molar-refractivity contribution in [2.75, 3.05) is 13.1 Å². The van der Waals surface area contributed by atoms with E-state index in [1.54, 1.807) is 29.2 Å². The van der Waals surface area contributed by atoms with Gasteiger partial charge in [0, 0.05) is 24.6 Å². The maximum Gasteiger partial charge on any atom is 0.289 e. The lowest BCUT2D eigenvalue weighted by Crippen LogP contribution is -2.37. The summed E-state index contributed by atoms with van der Waals surface area (Å²) in [7, 11) is 0. The second kappa shape index (κ2) is 7.03. The van der Waals surface area contributed by atoms with E-state index in [1.807, 2.05) is 0 Å². The Hall–Kier alpha value is -2.48. The standard InChI is InChI=1S/C18H15BrFN3O3/c19-15-6-5-14(25-15)18(24)23-9-7-12(8-10-23)17-22-21-16(26-17)11-1-3-13(20)4-2-11/h1-6,12H,7-10H2. The summed E-state index contributed by atoms with van der Waals surface area (Å²) in [5.74, 6) is 0.924. The van der Waals surface area contributed by atoms with E-state index in [0.717, 1.165) is 12.8 Å². The second-order valence-corrected chi connectivity index (χ2v) is 6.90. The molecule has 1 fully saturated rings. The van der Waals surface area contributed by atoms with Crippen LogP contribution in [-0.4, -0.2) is 34.1 Å². The van der Waals surface area contributed by atoms with E-state index in [9.17, 15) is 9.18 Å². The molecule has 0 aliphatic carbocycles. The van der Waals surface area contributed by atoms with Gasteiger partial charge < -0.3 is 13.7 Å². The lowest BCUT2D eigenvalue weighted by molar-refractivity contribution is 0.0673. The van der Waals surface area contributed by atoms with Gasteiger partial charge in [-0.1, -0.05) is 0 Å². The van der Waals surface area contributed by atoms with Gasteiger partial charge in [-0.3, -0.25) is 4.79 Å². The second-order valence-electron chi connectivity index (χ2n) is 6.12. The zero-order valence-electron chi connectivity index (χ0n) is 13.7. The zero-order chi connectivity index (χ0) is 18.1. The number of furan rings is 1. The maximum atomic E-state index is 13.0. The first-order valence-electron chi connectivity index (χ1n) is 8.24. The summed E-state index contributed by atoms with van der Waals surface area (Å²) < 4.78 is 24.6. The molecule has 0 N–H and O–H groups in total. The fourth-order valence-corrected chi connectivity index (χ4v) is 3.33. The molecule has 3 aromatic rings. The predicted molar refractivity (Wildman–Crippen MR) is 94.0 cm³/mol. The van der Waals surface area contributed by atoms with Crippen LogP contribution >= 0.6 is 15.9 Å². The molecule has 1 amide bonds. The van der Waals surface area contributed by atoms with Crippen LogP contribution in [0.25, 0.3) is 11.5 Å². The number of hydrogen-bond donors (Lipinski definition) is 0. The molecule has 0 radical (unpaired) electrons. The smallest absolute Gasteiger partial charge is 0.289 e. The van der Waals surface area contributed by atoms with Gasteiger partial charge in [-0.05, 0) is 65.2 Å². The Bertz CT molecular complexity index is 914. The van der Waals surface area contributed by atoms with Crippen LogP contribution in [0.4, 0.5) is 4.39 Å². The summed E-state index contributed by atoms with van der Waals surface area (Å²) in [6.07, 6.45) is 1.47. The zero-order valence-corrected chi connectivity index (χ0v) is 15.3. The summed E-state index contributed by atoms with van der Waals surface area (Å²) in [6.45, 7) is 1.19. The monoisotopic (exact) mass is 419 g/mol. The molecule has 0 spiro atoms. The summed E-state index contributed by atoms with van der Waals surface area (Å²) in [4.78, 5) is 14.2. The fourth-order valence-electron chi connectivity index (χ4n) is 3.02. The van der Waals surface area contributed by atoms with Gasteiger partial charge in [0.2, 0.25) is 11.8 Å². The third kappa shape index (κ3) is 3.41. The first kappa shape index (κ1) is 17.0. The molecule has 3 heterocycles. The number of amides is 1. The topological polar surface area (TPSA) is 72.4 Å². The molecule has 134 valence electrons. The number of rotatable bonds is 3. The van der Waals surface area contributed by atoms with Gasteiger partial charge in [-0.25, -0.2) is 4.39 Å². The number of benzene rings is 1. The van der Waals surface area contributed by atoms with Crippen molar-refractivity contribution in [3.63, 3.8) is 0 Å². The van der Waals surface area contributed by atoms with Gasteiger partial charge in [0.25, 0.3) is 5.91 Å². The number of aromatic nitrogens is 2. The number of carbonyl (C=O) groups excluding carboxylic acids is 1. The number of nitrogens with zero attached hydrogens (tertiary/aromatic N) is 3. The Kier molecular flexibility index (Phi) is 4.58. The van der Waals surface area contributed by atoms with Crippen LogP contribution in [0.3, 0.4) is 0 Å².